The van der Waals surface area contributed by atoms with E-state index in [2.05, 4.69) is 15.3 Å². The summed E-state index contributed by atoms with van der Waals surface area (Å²) in [6, 6.07) is 13.1. The van der Waals surface area contributed by atoms with Gasteiger partial charge in [0.1, 0.15) is 17.0 Å². The minimum atomic E-state index is 0.483. The van der Waals surface area contributed by atoms with E-state index in [1.54, 1.807) is 0 Å². The summed E-state index contributed by atoms with van der Waals surface area (Å²) in [5.41, 5.74) is 8.62. The third kappa shape index (κ3) is 3.93. The molecule has 0 bridgehead atoms. The summed E-state index contributed by atoms with van der Waals surface area (Å²) in [6.07, 6.45) is 1.48. The van der Waals surface area contributed by atoms with E-state index < -0.39 is 0 Å². The highest BCUT2D eigenvalue weighted by atomic mass is 35.5. The molecule has 0 amide bonds. The first kappa shape index (κ1) is 16.9. The zero-order valence-corrected chi connectivity index (χ0v) is 15.1. The van der Waals surface area contributed by atoms with E-state index in [9.17, 15) is 0 Å². The molecule has 3 rings (SSSR count). The number of halogens is 2. The Bertz CT molecular complexity index is 869. The Kier molecular flexibility index (Phi) is 5.14. The van der Waals surface area contributed by atoms with Crippen LogP contribution in [0.2, 0.25) is 10.0 Å². The third-order valence-corrected chi connectivity index (χ3v) is 4.84. The third-order valence-electron chi connectivity index (χ3n) is 3.33. The van der Waals surface area contributed by atoms with Gasteiger partial charge < -0.3 is 11.1 Å². The first-order valence-corrected chi connectivity index (χ1v) is 8.67. The number of benzene rings is 2. The minimum Gasteiger partial charge on any atom is -0.394 e. The van der Waals surface area contributed by atoms with Gasteiger partial charge in [-0.2, -0.15) is 0 Å². The number of nitrogens with one attached hydrogen (secondary N) is 1. The lowest BCUT2D eigenvalue weighted by molar-refractivity contribution is 1.06. The van der Waals surface area contributed by atoms with Crippen molar-refractivity contribution in [2.45, 2.75) is 16.8 Å². The monoisotopic (exact) mass is 376 g/mol. The van der Waals surface area contributed by atoms with E-state index in [0.717, 1.165) is 16.1 Å². The SMILES string of the molecule is Cc1ccc(Cl)cc1Nc1ncnc(Sc2ccc(Cl)cc2)c1N. The van der Waals surface area contributed by atoms with Gasteiger partial charge in [-0.25, -0.2) is 9.97 Å². The molecule has 0 saturated heterocycles. The normalized spacial score (nSPS) is 10.6. The van der Waals surface area contributed by atoms with Gasteiger partial charge in [0.15, 0.2) is 5.82 Å². The van der Waals surface area contributed by atoms with Gasteiger partial charge in [-0.05, 0) is 48.9 Å². The second-order valence-electron chi connectivity index (χ2n) is 5.08. The van der Waals surface area contributed by atoms with Crippen LogP contribution in [0.15, 0.2) is 58.7 Å². The van der Waals surface area contributed by atoms with Gasteiger partial charge in [0, 0.05) is 20.6 Å². The molecule has 2 aromatic carbocycles. The number of nitrogens with two attached hydrogens (primary N) is 1. The van der Waals surface area contributed by atoms with Crippen molar-refractivity contribution in [2.24, 2.45) is 0 Å². The van der Waals surface area contributed by atoms with Crippen LogP contribution in [-0.4, -0.2) is 9.97 Å². The summed E-state index contributed by atoms with van der Waals surface area (Å²) in [6.45, 7) is 1.99. The number of nitrogen functional groups attached to an aromatic ring is 1. The lowest BCUT2D eigenvalue weighted by Gasteiger charge is -2.13. The molecule has 3 aromatic rings. The van der Waals surface area contributed by atoms with E-state index in [4.69, 9.17) is 28.9 Å². The second-order valence-corrected chi connectivity index (χ2v) is 7.02. The topological polar surface area (TPSA) is 63.8 Å². The van der Waals surface area contributed by atoms with Crippen LogP contribution < -0.4 is 11.1 Å². The average molecular weight is 377 g/mol. The fraction of sp³-hybridized carbons (Fsp3) is 0.0588. The summed E-state index contributed by atoms with van der Waals surface area (Å²) >= 11 is 13.4. The number of aromatic nitrogens is 2. The fourth-order valence-corrected chi connectivity index (χ4v) is 3.13. The van der Waals surface area contributed by atoms with Gasteiger partial charge in [-0.1, -0.05) is 41.0 Å². The van der Waals surface area contributed by atoms with Gasteiger partial charge >= 0.3 is 0 Å². The molecule has 0 unspecified atom stereocenters. The molecule has 0 aliphatic carbocycles. The first-order chi connectivity index (χ1) is 11.5. The van der Waals surface area contributed by atoms with Crippen molar-refractivity contribution >= 4 is 52.2 Å². The van der Waals surface area contributed by atoms with Crippen molar-refractivity contribution in [3.63, 3.8) is 0 Å². The van der Waals surface area contributed by atoms with Crippen LogP contribution in [-0.2, 0) is 0 Å². The molecule has 3 N–H and O–H groups in total. The van der Waals surface area contributed by atoms with E-state index in [-0.39, 0.29) is 0 Å². The van der Waals surface area contributed by atoms with Crippen LogP contribution in [0, 0.1) is 6.92 Å². The average Bonchev–Trinajstić information content (AvgIpc) is 2.56. The molecular formula is C17H14Cl2N4S. The van der Waals surface area contributed by atoms with E-state index >= 15 is 0 Å². The lowest BCUT2D eigenvalue weighted by Crippen LogP contribution is -2.03. The van der Waals surface area contributed by atoms with Crippen molar-refractivity contribution in [2.75, 3.05) is 11.1 Å². The minimum absolute atomic E-state index is 0.483. The van der Waals surface area contributed by atoms with Crippen LogP contribution in [0.4, 0.5) is 17.2 Å². The zero-order chi connectivity index (χ0) is 17.1. The van der Waals surface area contributed by atoms with Crippen molar-refractivity contribution < 1.29 is 0 Å². The summed E-state index contributed by atoms with van der Waals surface area (Å²) in [4.78, 5) is 9.50. The van der Waals surface area contributed by atoms with E-state index in [0.29, 0.717) is 26.6 Å². The highest BCUT2D eigenvalue weighted by Gasteiger charge is 2.11. The highest BCUT2D eigenvalue weighted by Crippen LogP contribution is 2.35. The van der Waals surface area contributed by atoms with Gasteiger partial charge in [0.25, 0.3) is 0 Å². The van der Waals surface area contributed by atoms with Crippen LogP contribution in [0.5, 0.6) is 0 Å². The molecule has 0 spiro atoms. The van der Waals surface area contributed by atoms with Gasteiger partial charge in [-0.3, -0.25) is 0 Å². The molecule has 122 valence electrons. The quantitative estimate of drug-likeness (QED) is 0.582. The Morgan fingerprint density at radius 3 is 2.46 bits per heavy atom. The fourth-order valence-electron chi connectivity index (χ4n) is 2.03. The summed E-state index contributed by atoms with van der Waals surface area (Å²) in [5.74, 6) is 0.548. The number of aryl methyl sites for hydroxylation is 1. The van der Waals surface area contributed by atoms with Crippen molar-refractivity contribution in [3.05, 3.63) is 64.4 Å². The molecular weight excluding hydrogens is 363 g/mol. The molecule has 1 aromatic heterocycles. The van der Waals surface area contributed by atoms with Crippen molar-refractivity contribution in [1.82, 2.24) is 9.97 Å². The molecule has 0 fully saturated rings. The Hall–Kier alpha value is -1.95. The molecule has 1 heterocycles. The van der Waals surface area contributed by atoms with Crippen LogP contribution in [0.3, 0.4) is 0 Å². The number of rotatable bonds is 4. The van der Waals surface area contributed by atoms with Crippen LogP contribution in [0.25, 0.3) is 0 Å². The van der Waals surface area contributed by atoms with Gasteiger partial charge in [0.2, 0.25) is 0 Å². The summed E-state index contributed by atoms with van der Waals surface area (Å²) in [5, 5.41) is 5.23. The predicted molar refractivity (Wildman–Crippen MR) is 101 cm³/mol. The van der Waals surface area contributed by atoms with Gasteiger partial charge in [-0.15, -0.1) is 0 Å². The number of anilines is 3. The van der Waals surface area contributed by atoms with Crippen molar-refractivity contribution in [3.8, 4) is 0 Å². The van der Waals surface area contributed by atoms with E-state index in [1.807, 2.05) is 49.4 Å². The Morgan fingerprint density at radius 2 is 1.71 bits per heavy atom. The summed E-state index contributed by atoms with van der Waals surface area (Å²) in [7, 11) is 0. The Balaban J connectivity index is 1.88. The second kappa shape index (κ2) is 7.30. The zero-order valence-electron chi connectivity index (χ0n) is 12.8. The van der Waals surface area contributed by atoms with E-state index in [1.165, 1.54) is 18.1 Å². The number of nitrogens with zero attached hydrogens (tertiary/aromatic N) is 2. The number of hydrogen-bond acceptors (Lipinski definition) is 5. The molecule has 0 saturated carbocycles. The predicted octanol–water partition coefficient (Wildman–Crippen LogP) is 5.57. The molecule has 0 atom stereocenters. The molecule has 0 radical (unpaired) electrons. The lowest BCUT2D eigenvalue weighted by atomic mass is 10.2. The molecule has 4 nitrogen and oxygen atoms in total. The van der Waals surface area contributed by atoms with Crippen LogP contribution >= 0.6 is 35.0 Å². The first-order valence-electron chi connectivity index (χ1n) is 7.10. The summed E-state index contributed by atoms with van der Waals surface area (Å²) < 4.78 is 0. The van der Waals surface area contributed by atoms with Gasteiger partial charge in [0.05, 0.1) is 0 Å². The maximum Gasteiger partial charge on any atom is 0.158 e. The molecule has 0 aliphatic rings. The van der Waals surface area contributed by atoms with Crippen molar-refractivity contribution in [1.29, 1.82) is 0 Å². The molecule has 24 heavy (non-hydrogen) atoms. The number of hydrogen-bond donors (Lipinski definition) is 2. The maximum atomic E-state index is 6.23. The standard InChI is InChI=1S/C17H14Cl2N4S/c1-10-2-3-12(19)8-14(10)23-16-15(20)17(22-9-21-16)24-13-6-4-11(18)5-7-13/h2-9H,20H2,1H3,(H,21,22,23). The smallest absolute Gasteiger partial charge is 0.158 e. The maximum absolute atomic E-state index is 6.23. The Labute approximate surface area is 154 Å². The highest BCUT2D eigenvalue weighted by molar-refractivity contribution is 7.99. The molecule has 0 aliphatic heterocycles. The largest absolute Gasteiger partial charge is 0.394 e. The Morgan fingerprint density at radius 1 is 1.00 bits per heavy atom. The van der Waals surface area contributed by atoms with Crippen LogP contribution in [0.1, 0.15) is 5.56 Å². The molecule has 7 heteroatoms.